The summed E-state index contributed by atoms with van der Waals surface area (Å²) in [6.45, 7) is 7.32. The monoisotopic (exact) mass is 287 g/mol. The highest BCUT2D eigenvalue weighted by atomic mass is 16.5. The molecule has 1 fully saturated rings. The molecule has 1 aliphatic rings. The van der Waals surface area contributed by atoms with E-state index in [9.17, 15) is 0 Å². The van der Waals surface area contributed by atoms with Gasteiger partial charge in [-0.15, -0.1) is 0 Å². The molecule has 0 spiro atoms. The van der Waals surface area contributed by atoms with Crippen LogP contribution in [-0.4, -0.2) is 54.6 Å². The number of benzene rings is 1. The zero-order valence-electron chi connectivity index (χ0n) is 12.3. The van der Waals surface area contributed by atoms with Crippen molar-refractivity contribution in [1.29, 1.82) is 0 Å². The molecule has 1 N–H and O–H groups in total. The van der Waals surface area contributed by atoms with Crippen LogP contribution in [-0.2, 0) is 4.74 Å². The molecule has 1 aromatic heterocycles. The number of hydrogen-bond donors (Lipinski definition) is 1. The van der Waals surface area contributed by atoms with E-state index in [4.69, 9.17) is 9.47 Å². The second kappa shape index (κ2) is 6.74. The van der Waals surface area contributed by atoms with Gasteiger partial charge in [0.15, 0.2) is 0 Å². The summed E-state index contributed by atoms with van der Waals surface area (Å²) in [5, 5.41) is 7.03. The number of aromatic amines is 1. The first kappa shape index (κ1) is 14.1. The van der Waals surface area contributed by atoms with Crippen LogP contribution in [0.2, 0.25) is 0 Å². The van der Waals surface area contributed by atoms with E-state index in [2.05, 4.69) is 27.2 Å². The van der Waals surface area contributed by atoms with Gasteiger partial charge >= 0.3 is 0 Å². The Balaban J connectivity index is 1.57. The molecule has 1 aromatic carbocycles. The van der Waals surface area contributed by atoms with E-state index in [1.165, 1.54) is 0 Å². The largest absolute Gasteiger partial charge is 0.492 e. The number of morpholine rings is 1. The molecule has 0 saturated carbocycles. The molecule has 0 amide bonds. The smallest absolute Gasteiger partial charge is 0.119 e. The van der Waals surface area contributed by atoms with Crippen LogP contribution in [0.25, 0.3) is 11.1 Å². The summed E-state index contributed by atoms with van der Waals surface area (Å²) in [5.41, 5.74) is 3.32. The van der Waals surface area contributed by atoms with Crippen LogP contribution in [0.4, 0.5) is 0 Å². The van der Waals surface area contributed by atoms with Crippen LogP contribution < -0.4 is 4.74 Å². The molecule has 1 saturated heterocycles. The van der Waals surface area contributed by atoms with Gasteiger partial charge in [-0.05, 0) is 24.6 Å². The molecule has 1 aliphatic heterocycles. The van der Waals surface area contributed by atoms with Crippen molar-refractivity contribution in [2.24, 2.45) is 0 Å². The van der Waals surface area contributed by atoms with Gasteiger partial charge in [0.1, 0.15) is 12.4 Å². The first-order chi connectivity index (χ1) is 10.3. The molecule has 0 aliphatic carbocycles. The maximum atomic E-state index is 5.87. The van der Waals surface area contributed by atoms with E-state index in [-0.39, 0.29) is 0 Å². The minimum Gasteiger partial charge on any atom is -0.492 e. The van der Waals surface area contributed by atoms with Gasteiger partial charge in [0, 0.05) is 30.9 Å². The van der Waals surface area contributed by atoms with Gasteiger partial charge < -0.3 is 9.47 Å². The van der Waals surface area contributed by atoms with E-state index in [0.29, 0.717) is 6.61 Å². The topological polar surface area (TPSA) is 50.4 Å². The SMILES string of the molecule is Cc1[nH]ncc1-c1cccc(OCCN2CCOCC2)c1. The zero-order chi connectivity index (χ0) is 14.5. The summed E-state index contributed by atoms with van der Waals surface area (Å²) in [4.78, 5) is 2.37. The lowest BCUT2D eigenvalue weighted by molar-refractivity contribution is 0.0322. The maximum absolute atomic E-state index is 5.87. The minimum atomic E-state index is 0.702. The Morgan fingerprint density at radius 3 is 2.95 bits per heavy atom. The molecule has 0 bridgehead atoms. The second-order valence-corrected chi connectivity index (χ2v) is 5.24. The molecular formula is C16H21N3O2. The number of nitrogens with zero attached hydrogens (tertiary/aromatic N) is 2. The molecule has 0 radical (unpaired) electrons. The van der Waals surface area contributed by atoms with Gasteiger partial charge in [-0.25, -0.2) is 0 Å². The molecule has 5 heteroatoms. The van der Waals surface area contributed by atoms with E-state index in [0.717, 1.165) is 55.4 Å². The Hall–Kier alpha value is -1.85. The lowest BCUT2D eigenvalue weighted by Crippen LogP contribution is -2.38. The van der Waals surface area contributed by atoms with Gasteiger partial charge in [-0.1, -0.05) is 12.1 Å². The highest BCUT2D eigenvalue weighted by Gasteiger charge is 2.10. The highest BCUT2D eigenvalue weighted by Crippen LogP contribution is 2.25. The van der Waals surface area contributed by atoms with Crippen LogP contribution in [0.1, 0.15) is 5.69 Å². The van der Waals surface area contributed by atoms with Crippen molar-refractivity contribution < 1.29 is 9.47 Å². The van der Waals surface area contributed by atoms with E-state index < -0.39 is 0 Å². The third-order valence-electron chi connectivity index (χ3n) is 3.75. The fourth-order valence-electron chi connectivity index (χ4n) is 2.51. The first-order valence-electron chi connectivity index (χ1n) is 7.36. The van der Waals surface area contributed by atoms with Crippen molar-refractivity contribution in [3.05, 3.63) is 36.2 Å². The van der Waals surface area contributed by atoms with Crippen LogP contribution in [0.3, 0.4) is 0 Å². The van der Waals surface area contributed by atoms with Gasteiger partial charge in [-0.3, -0.25) is 10.00 Å². The summed E-state index contributed by atoms with van der Waals surface area (Å²) < 4.78 is 11.2. The van der Waals surface area contributed by atoms with Crippen LogP contribution in [0.5, 0.6) is 5.75 Å². The van der Waals surface area contributed by atoms with Crippen molar-refractivity contribution in [2.75, 3.05) is 39.5 Å². The summed E-state index contributed by atoms with van der Waals surface area (Å²) in [6, 6.07) is 8.16. The second-order valence-electron chi connectivity index (χ2n) is 5.24. The fourth-order valence-corrected chi connectivity index (χ4v) is 2.51. The number of aryl methyl sites for hydroxylation is 1. The number of rotatable bonds is 5. The molecule has 5 nitrogen and oxygen atoms in total. The van der Waals surface area contributed by atoms with Crippen molar-refractivity contribution in [3.8, 4) is 16.9 Å². The molecule has 0 atom stereocenters. The van der Waals surface area contributed by atoms with E-state index in [1.807, 2.05) is 25.3 Å². The Kier molecular flexibility index (Phi) is 4.52. The Bertz CT molecular complexity index is 576. The average Bonchev–Trinajstić information content (AvgIpc) is 2.95. The van der Waals surface area contributed by atoms with Crippen molar-refractivity contribution in [2.45, 2.75) is 6.92 Å². The lowest BCUT2D eigenvalue weighted by atomic mass is 10.1. The summed E-state index contributed by atoms with van der Waals surface area (Å²) >= 11 is 0. The van der Waals surface area contributed by atoms with E-state index >= 15 is 0 Å². The fraction of sp³-hybridized carbons (Fsp3) is 0.438. The first-order valence-corrected chi connectivity index (χ1v) is 7.36. The number of ether oxygens (including phenoxy) is 2. The zero-order valence-corrected chi connectivity index (χ0v) is 12.3. The Morgan fingerprint density at radius 2 is 2.19 bits per heavy atom. The quantitative estimate of drug-likeness (QED) is 0.915. The highest BCUT2D eigenvalue weighted by molar-refractivity contribution is 5.66. The number of H-pyrrole nitrogens is 1. The van der Waals surface area contributed by atoms with Gasteiger partial charge in [0.2, 0.25) is 0 Å². The van der Waals surface area contributed by atoms with Gasteiger partial charge in [-0.2, -0.15) is 5.10 Å². The Morgan fingerprint density at radius 1 is 1.33 bits per heavy atom. The number of hydrogen-bond acceptors (Lipinski definition) is 4. The molecule has 2 aromatic rings. The lowest BCUT2D eigenvalue weighted by Gasteiger charge is -2.26. The van der Waals surface area contributed by atoms with E-state index in [1.54, 1.807) is 0 Å². The van der Waals surface area contributed by atoms with Crippen molar-refractivity contribution >= 4 is 0 Å². The Labute approximate surface area is 124 Å². The van der Waals surface area contributed by atoms with Gasteiger partial charge in [0.25, 0.3) is 0 Å². The van der Waals surface area contributed by atoms with Crippen molar-refractivity contribution in [3.63, 3.8) is 0 Å². The van der Waals surface area contributed by atoms with Crippen molar-refractivity contribution in [1.82, 2.24) is 15.1 Å². The third kappa shape index (κ3) is 3.62. The van der Waals surface area contributed by atoms with Gasteiger partial charge in [0.05, 0.1) is 19.4 Å². The summed E-state index contributed by atoms with van der Waals surface area (Å²) in [7, 11) is 0. The molecule has 2 heterocycles. The standard InChI is InChI=1S/C16H21N3O2/c1-13-16(12-17-18-13)14-3-2-4-15(11-14)21-10-7-19-5-8-20-9-6-19/h2-4,11-12H,5-10H2,1H3,(H,17,18). The molecule has 3 rings (SSSR count). The predicted molar refractivity (Wildman–Crippen MR) is 81.5 cm³/mol. The normalized spacial score (nSPS) is 16.0. The van der Waals surface area contributed by atoms with Crippen LogP contribution in [0.15, 0.2) is 30.5 Å². The number of aromatic nitrogens is 2. The summed E-state index contributed by atoms with van der Waals surface area (Å²) in [6.07, 6.45) is 1.85. The minimum absolute atomic E-state index is 0.702. The number of nitrogens with one attached hydrogen (secondary N) is 1. The predicted octanol–water partition coefficient (Wildman–Crippen LogP) is 2.10. The maximum Gasteiger partial charge on any atom is 0.119 e. The molecule has 0 unspecified atom stereocenters. The average molecular weight is 287 g/mol. The van der Waals surface area contributed by atoms with Crippen LogP contribution >= 0.6 is 0 Å². The molecule has 112 valence electrons. The molecule has 21 heavy (non-hydrogen) atoms. The third-order valence-corrected chi connectivity index (χ3v) is 3.75. The molecular weight excluding hydrogens is 266 g/mol. The summed E-state index contributed by atoms with van der Waals surface area (Å²) in [5.74, 6) is 0.904. The van der Waals surface area contributed by atoms with Crippen LogP contribution in [0, 0.1) is 6.92 Å².